The predicted octanol–water partition coefficient (Wildman–Crippen LogP) is 1.10. The highest BCUT2D eigenvalue weighted by Gasteiger charge is 2.31. The van der Waals surface area contributed by atoms with Crippen LogP contribution in [0, 0.1) is 11.3 Å². The van der Waals surface area contributed by atoms with Crippen molar-refractivity contribution in [3.05, 3.63) is 0 Å². The molecule has 3 N–H and O–H groups in total. The quantitative estimate of drug-likeness (QED) is 0.742. The number of hydrogen-bond acceptors (Lipinski definition) is 4. The maximum Gasteiger partial charge on any atom is 0.406 e. The number of nitrogens with two attached hydrogens (primary N) is 1. The smallest absolute Gasteiger partial charge is 0.406 e. The zero-order valence-electron chi connectivity index (χ0n) is 10.2. The van der Waals surface area contributed by atoms with Crippen LogP contribution >= 0.6 is 0 Å². The standard InChI is InChI=1S/C10H20N2O4/c1-7(2)10(3,5-15-8(11)13)6-16-9(14)12-4/h7H,5-6H2,1-4H3,(H2,11,13)(H,12,14). The molecule has 0 aliphatic carbocycles. The van der Waals surface area contributed by atoms with Crippen molar-refractivity contribution in [3.8, 4) is 0 Å². The molecule has 2 amide bonds. The Balaban J connectivity index is 4.33. The maximum atomic E-state index is 11.0. The summed E-state index contributed by atoms with van der Waals surface area (Å²) in [6.45, 7) is 6.06. The maximum absolute atomic E-state index is 11.0. The number of hydrogen-bond donors (Lipinski definition) is 2. The summed E-state index contributed by atoms with van der Waals surface area (Å²) in [6.07, 6.45) is -1.34. The van der Waals surface area contributed by atoms with Crippen LogP contribution in [0.5, 0.6) is 0 Å². The lowest BCUT2D eigenvalue weighted by molar-refractivity contribution is 0.0122. The molecule has 0 bridgehead atoms. The Morgan fingerprint density at radius 3 is 2.19 bits per heavy atom. The second-order valence-corrected chi connectivity index (χ2v) is 4.24. The number of alkyl carbamates (subject to hydrolysis) is 1. The van der Waals surface area contributed by atoms with Crippen molar-refractivity contribution >= 4 is 12.2 Å². The third-order valence-electron chi connectivity index (χ3n) is 2.68. The number of rotatable bonds is 5. The molecule has 0 aliphatic heterocycles. The van der Waals surface area contributed by atoms with Gasteiger partial charge in [-0.1, -0.05) is 20.8 Å². The number of carbonyl (C=O) groups excluding carboxylic acids is 2. The average Bonchev–Trinajstić information content (AvgIpc) is 2.22. The fraction of sp³-hybridized carbons (Fsp3) is 0.800. The van der Waals surface area contributed by atoms with E-state index in [-0.39, 0.29) is 19.1 Å². The van der Waals surface area contributed by atoms with Gasteiger partial charge >= 0.3 is 12.2 Å². The number of primary amides is 1. The van der Waals surface area contributed by atoms with Gasteiger partial charge in [0.15, 0.2) is 0 Å². The number of amides is 2. The van der Waals surface area contributed by atoms with Crippen molar-refractivity contribution in [2.24, 2.45) is 17.1 Å². The van der Waals surface area contributed by atoms with Crippen molar-refractivity contribution in [1.29, 1.82) is 0 Å². The first-order chi connectivity index (χ1) is 7.31. The van der Waals surface area contributed by atoms with Gasteiger partial charge in [0.25, 0.3) is 0 Å². The van der Waals surface area contributed by atoms with Crippen molar-refractivity contribution in [2.75, 3.05) is 20.3 Å². The minimum absolute atomic E-state index is 0.122. The SMILES string of the molecule is CNC(=O)OCC(C)(COC(N)=O)C(C)C. The van der Waals surface area contributed by atoms with Gasteiger partial charge in [0.1, 0.15) is 13.2 Å². The van der Waals surface area contributed by atoms with Gasteiger partial charge < -0.3 is 20.5 Å². The molecule has 0 saturated carbocycles. The molecule has 0 spiro atoms. The van der Waals surface area contributed by atoms with Crippen molar-refractivity contribution in [1.82, 2.24) is 5.32 Å². The second kappa shape index (κ2) is 6.19. The lowest BCUT2D eigenvalue weighted by Gasteiger charge is -2.31. The summed E-state index contributed by atoms with van der Waals surface area (Å²) in [6, 6.07) is 0. The minimum atomic E-state index is -0.827. The third kappa shape index (κ3) is 4.86. The van der Waals surface area contributed by atoms with Gasteiger partial charge in [-0.05, 0) is 5.92 Å². The highest BCUT2D eigenvalue weighted by Crippen LogP contribution is 2.27. The van der Waals surface area contributed by atoms with Crippen LogP contribution in [0.25, 0.3) is 0 Å². The summed E-state index contributed by atoms with van der Waals surface area (Å²) in [5, 5.41) is 2.35. The molecule has 0 aromatic heterocycles. The molecule has 0 aliphatic rings. The Hall–Kier alpha value is -1.46. The van der Waals surface area contributed by atoms with E-state index in [4.69, 9.17) is 15.2 Å². The van der Waals surface area contributed by atoms with Crippen LogP contribution in [0.3, 0.4) is 0 Å². The first-order valence-electron chi connectivity index (χ1n) is 5.08. The van der Waals surface area contributed by atoms with Crippen LogP contribution < -0.4 is 11.1 Å². The van der Waals surface area contributed by atoms with Crippen molar-refractivity contribution in [2.45, 2.75) is 20.8 Å². The van der Waals surface area contributed by atoms with Crippen molar-refractivity contribution in [3.63, 3.8) is 0 Å². The molecule has 0 rings (SSSR count). The van der Waals surface area contributed by atoms with E-state index < -0.39 is 17.6 Å². The van der Waals surface area contributed by atoms with E-state index >= 15 is 0 Å². The molecule has 6 heteroatoms. The summed E-state index contributed by atoms with van der Waals surface area (Å²) in [4.78, 5) is 21.5. The molecule has 0 heterocycles. The highest BCUT2D eigenvalue weighted by atomic mass is 16.6. The van der Waals surface area contributed by atoms with E-state index in [1.165, 1.54) is 7.05 Å². The molecule has 1 atom stereocenters. The molecular formula is C10H20N2O4. The van der Waals surface area contributed by atoms with Gasteiger partial charge in [-0.25, -0.2) is 9.59 Å². The van der Waals surface area contributed by atoms with Crippen LogP contribution in [-0.2, 0) is 9.47 Å². The molecule has 0 radical (unpaired) electrons. The van der Waals surface area contributed by atoms with E-state index in [1.54, 1.807) is 0 Å². The number of carbonyl (C=O) groups is 2. The highest BCUT2D eigenvalue weighted by molar-refractivity contribution is 5.66. The normalized spacial score (nSPS) is 14.1. The minimum Gasteiger partial charge on any atom is -0.449 e. The Bertz CT molecular complexity index is 255. The largest absolute Gasteiger partial charge is 0.449 e. The van der Waals surface area contributed by atoms with Gasteiger partial charge in [0.05, 0.1) is 0 Å². The summed E-state index contributed by atoms with van der Waals surface area (Å²) in [7, 11) is 1.48. The lowest BCUT2D eigenvalue weighted by atomic mass is 9.81. The lowest BCUT2D eigenvalue weighted by Crippen LogP contribution is -2.38. The molecule has 0 fully saturated rings. The Morgan fingerprint density at radius 2 is 1.81 bits per heavy atom. The first kappa shape index (κ1) is 14.5. The number of nitrogens with one attached hydrogen (secondary N) is 1. The first-order valence-corrected chi connectivity index (χ1v) is 5.08. The van der Waals surface area contributed by atoms with Gasteiger partial charge in [-0.15, -0.1) is 0 Å². The van der Waals surface area contributed by atoms with Crippen LogP contribution in [0.15, 0.2) is 0 Å². The Kier molecular flexibility index (Phi) is 5.63. The van der Waals surface area contributed by atoms with E-state index in [0.717, 1.165) is 0 Å². The number of ether oxygens (including phenoxy) is 2. The molecule has 6 nitrogen and oxygen atoms in total. The molecule has 0 saturated heterocycles. The second-order valence-electron chi connectivity index (χ2n) is 4.24. The van der Waals surface area contributed by atoms with Gasteiger partial charge in [-0.3, -0.25) is 0 Å². The summed E-state index contributed by atoms with van der Waals surface area (Å²) in [5.41, 5.74) is 4.46. The molecule has 94 valence electrons. The average molecular weight is 232 g/mol. The van der Waals surface area contributed by atoms with Crippen LogP contribution in [0.1, 0.15) is 20.8 Å². The van der Waals surface area contributed by atoms with E-state index in [2.05, 4.69) is 5.32 Å². The zero-order valence-corrected chi connectivity index (χ0v) is 10.2. The van der Waals surface area contributed by atoms with E-state index in [9.17, 15) is 9.59 Å². The monoisotopic (exact) mass is 232 g/mol. The molecular weight excluding hydrogens is 212 g/mol. The van der Waals surface area contributed by atoms with Gasteiger partial charge in [0, 0.05) is 12.5 Å². The fourth-order valence-corrected chi connectivity index (χ4v) is 0.914. The molecule has 16 heavy (non-hydrogen) atoms. The molecule has 0 aromatic carbocycles. The summed E-state index contributed by atoms with van der Waals surface area (Å²) >= 11 is 0. The molecule has 1 unspecified atom stereocenters. The van der Waals surface area contributed by atoms with E-state index in [0.29, 0.717) is 0 Å². The van der Waals surface area contributed by atoms with Crippen LogP contribution in [0.4, 0.5) is 9.59 Å². The summed E-state index contributed by atoms with van der Waals surface area (Å²) in [5.74, 6) is 0.177. The van der Waals surface area contributed by atoms with Crippen LogP contribution in [-0.4, -0.2) is 32.4 Å². The Labute approximate surface area is 95.5 Å². The van der Waals surface area contributed by atoms with Gasteiger partial charge in [-0.2, -0.15) is 0 Å². The third-order valence-corrected chi connectivity index (χ3v) is 2.68. The predicted molar refractivity (Wildman–Crippen MR) is 58.9 cm³/mol. The molecule has 0 aromatic rings. The van der Waals surface area contributed by atoms with Gasteiger partial charge in [0.2, 0.25) is 0 Å². The summed E-state index contributed by atoms with van der Waals surface area (Å²) < 4.78 is 9.73. The van der Waals surface area contributed by atoms with E-state index in [1.807, 2.05) is 20.8 Å². The van der Waals surface area contributed by atoms with Crippen LogP contribution in [0.2, 0.25) is 0 Å². The topological polar surface area (TPSA) is 90.7 Å². The fourth-order valence-electron chi connectivity index (χ4n) is 0.914. The zero-order chi connectivity index (χ0) is 12.8. The van der Waals surface area contributed by atoms with Crippen molar-refractivity contribution < 1.29 is 19.1 Å². The Morgan fingerprint density at radius 1 is 1.31 bits per heavy atom.